The van der Waals surface area contributed by atoms with Gasteiger partial charge in [-0.1, -0.05) is 18.2 Å². The minimum atomic E-state index is -3.76. The van der Waals surface area contributed by atoms with Gasteiger partial charge in [-0.3, -0.25) is 0 Å². The highest BCUT2D eigenvalue weighted by atomic mass is 32.2. The zero-order valence-electron chi connectivity index (χ0n) is 34.2. The zero-order valence-corrected chi connectivity index (χ0v) is 35.0. The van der Waals surface area contributed by atoms with Crippen molar-refractivity contribution in [3.63, 3.8) is 0 Å². The molecular weight excluding hydrogens is 731 g/mol. The van der Waals surface area contributed by atoms with Crippen LogP contribution in [0.3, 0.4) is 0 Å². The van der Waals surface area contributed by atoms with Gasteiger partial charge in [-0.15, -0.1) is 5.10 Å². The van der Waals surface area contributed by atoms with Gasteiger partial charge < -0.3 is 28.4 Å². The molecule has 0 radical (unpaired) electrons. The molecule has 0 atom stereocenters. The lowest BCUT2D eigenvalue weighted by Crippen LogP contribution is -2.29. The summed E-state index contributed by atoms with van der Waals surface area (Å²) in [6.07, 6.45) is 1.94. The third kappa shape index (κ3) is 11.0. The molecule has 0 saturated heterocycles. The van der Waals surface area contributed by atoms with E-state index in [1.165, 1.54) is 0 Å². The molecule has 3 aromatic rings. The number of nitrogens with one attached hydrogen (secondary N) is 1. The minimum absolute atomic E-state index is 0.143. The Morgan fingerprint density at radius 1 is 0.821 bits per heavy atom. The number of rotatable bonds is 23. The van der Waals surface area contributed by atoms with Crippen molar-refractivity contribution in [3.8, 4) is 22.5 Å². The summed E-state index contributed by atoms with van der Waals surface area (Å²) in [5, 5.41) is 10.4. The Kier molecular flexibility index (Phi) is 16.0. The van der Waals surface area contributed by atoms with E-state index >= 15 is 0 Å². The second kappa shape index (κ2) is 20.8. The number of anilines is 1. The summed E-state index contributed by atoms with van der Waals surface area (Å²) in [4.78, 5) is 4.67. The third-order valence-corrected chi connectivity index (χ3v) is 11.5. The van der Waals surface area contributed by atoms with Crippen LogP contribution in [0.15, 0.2) is 70.1 Å². The summed E-state index contributed by atoms with van der Waals surface area (Å²) in [7, 11) is -1.72. The number of nitrogens with zero attached hydrogens (tertiary/aromatic N) is 6. The predicted molar refractivity (Wildman–Crippen MR) is 223 cm³/mol. The van der Waals surface area contributed by atoms with Gasteiger partial charge in [0.05, 0.1) is 62.8 Å². The number of fused-ring (bicyclic) bond motifs is 2. The average Bonchev–Trinajstić information content (AvgIpc) is 3.64. The molecule has 0 spiro atoms. The minimum Gasteiger partial charge on any atom is -0.456 e. The van der Waals surface area contributed by atoms with Crippen LogP contribution in [-0.2, 0) is 37.3 Å². The Bertz CT molecular complexity index is 2160. The highest BCUT2D eigenvalue weighted by Crippen LogP contribution is 2.42. The van der Waals surface area contributed by atoms with Gasteiger partial charge in [0.2, 0.25) is 15.4 Å². The summed E-state index contributed by atoms with van der Waals surface area (Å²) in [5.74, 6) is 0.786. The Balaban J connectivity index is 1.15. The normalized spacial score (nSPS) is 12.0. The topological polar surface area (TPSA) is 127 Å². The fraction of sp³-hybridized carbons (Fsp3) is 0.500. The molecule has 304 valence electrons. The molecule has 1 aliphatic heterocycles. The van der Waals surface area contributed by atoms with Gasteiger partial charge in [0.25, 0.3) is 0 Å². The summed E-state index contributed by atoms with van der Waals surface area (Å²) in [6, 6.07) is 18.1. The molecule has 1 N–H and O–H groups in total. The molecule has 56 heavy (non-hydrogen) atoms. The SMILES string of the molecule is CCN(C)Cc1cn(CCOCCOCCOCCNS(=O)(=O)c2ccc(-c3c4ccc(=[N+](CC)CC)cc-4oc4cc(N(CC)CC)ccc34)c(C)c2)nn1. The van der Waals surface area contributed by atoms with Crippen molar-refractivity contribution in [3.05, 3.63) is 77.4 Å². The number of sulfonamides is 1. The van der Waals surface area contributed by atoms with Gasteiger partial charge in [0.1, 0.15) is 24.4 Å². The second-order valence-electron chi connectivity index (χ2n) is 13.7. The van der Waals surface area contributed by atoms with Crippen LogP contribution in [0.1, 0.15) is 45.9 Å². The molecule has 0 unspecified atom stereocenters. The molecule has 0 amide bonds. The molecule has 2 aromatic carbocycles. The molecule has 0 bridgehead atoms. The molecular formula is C42H60N7O6S+. The maximum atomic E-state index is 13.3. The maximum absolute atomic E-state index is 13.3. The fourth-order valence-corrected chi connectivity index (χ4v) is 7.85. The van der Waals surface area contributed by atoms with Gasteiger partial charge in [-0.2, -0.15) is 0 Å². The summed E-state index contributed by atoms with van der Waals surface area (Å²) >= 11 is 0. The van der Waals surface area contributed by atoms with Crippen LogP contribution >= 0.6 is 0 Å². The highest BCUT2D eigenvalue weighted by Gasteiger charge is 2.22. The van der Waals surface area contributed by atoms with E-state index in [0.717, 1.165) is 95.0 Å². The van der Waals surface area contributed by atoms with E-state index in [1.54, 1.807) is 16.8 Å². The Morgan fingerprint density at radius 2 is 1.52 bits per heavy atom. The maximum Gasteiger partial charge on any atom is 0.240 e. The van der Waals surface area contributed by atoms with Gasteiger partial charge in [-0.05, 0) is 89.7 Å². The van der Waals surface area contributed by atoms with E-state index < -0.39 is 10.0 Å². The van der Waals surface area contributed by atoms with E-state index in [0.29, 0.717) is 39.6 Å². The first-order valence-electron chi connectivity index (χ1n) is 19.9. The number of benzene rings is 3. The van der Waals surface area contributed by atoms with Crippen LogP contribution in [0.5, 0.6) is 0 Å². The van der Waals surface area contributed by atoms with E-state index in [2.05, 4.69) is 100 Å². The van der Waals surface area contributed by atoms with Crippen molar-refractivity contribution in [2.24, 2.45) is 0 Å². The van der Waals surface area contributed by atoms with E-state index in [4.69, 9.17) is 18.6 Å². The van der Waals surface area contributed by atoms with Crippen LogP contribution in [0.4, 0.5) is 5.69 Å². The first kappa shape index (κ1) is 43.0. The summed E-state index contributed by atoms with van der Waals surface area (Å²) < 4.78 is 56.9. The van der Waals surface area contributed by atoms with Crippen molar-refractivity contribution in [1.29, 1.82) is 0 Å². The molecule has 13 nitrogen and oxygen atoms in total. The monoisotopic (exact) mass is 790 g/mol. The van der Waals surface area contributed by atoms with Gasteiger partial charge in [-0.25, -0.2) is 22.4 Å². The van der Waals surface area contributed by atoms with E-state index in [-0.39, 0.29) is 18.0 Å². The Hall–Kier alpha value is -4.18. The van der Waals surface area contributed by atoms with Crippen molar-refractivity contribution < 1.29 is 27.0 Å². The lowest BCUT2D eigenvalue weighted by atomic mass is 9.91. The molecule has 0 fully saturated rings. The standard InChI is InChI=1S/C42H60N7O6S/c1-8-46(7)30-33-31-49(45-44-33)20-22-53-24-26-54-25-23-52-21-19-43-56(50,51)36-15-18-37(32(6)27-36)42-38-16-13-34(47(9-2)10-3)28-40(38)55-41-29-35(14-17-39(41)42)48(11-4)12-5/h13-18,27-29,31,43H,8-12,19-26,30H2,1-7H3/q+1. The van der Waals surface area contributed by atoms with Crippen LogP contribution in [0.2, 0.25) is 0 Å². The van der Waals surface area contributed by atoms with Gasteiger partial charge in [0.15, 0.2) is 0 Å². The van der Waals surface area contributed by atoms with Crippen molar-refractivity contribution >= 4 is 26.7 Å². The van der Waals surface area contributed by atoms with E-state index in [1.807, 2.05) is 26.2 Å². The molecule has 14 heteroatoms. The molecule has 0 saturated carbocycles. The van der Waals surface area contributed by atoms with Crippen molar-refractivity contribution in [2.45, 2.75) is 59.5 Å². The molecule has 5 rings (SSSR count). The largest absolute Gasteiger partial charge is 0.456 e. The number of aromatic nitrogens is 3. The lowest BCUT2D eigenvalue weighted by Gasteiger charge is -2.22. The Labute approximate surface area is 332 Å². The summed E-state index contributed by atoms with van der Waals surface area (Å²) in [5.41, 5.74) is 6.62. The molecule has 1 aromatic heterocycles. The first-order valence-corrected chi connectivity index (χ1v) is 21.4. The molecule has 2 aliphatic rings. The highest BCUT2D eigenvalue weighted by molar-refractivity contribution is 7.89. The first-order chi connectivity index (χ1) is 27.1. The predicted octanol–water partition coefficient (Wildman–Crippen LogP) is 5.24. The average molecular weight is 791 g/mol. The van der Waals surface area contributed by atoms with Gasteiger partial charge in [0, 0.05) is 66.7 Å². The third-order valence-electron chi connectivity index (χ3n) is 10.0. The van der Waals surface area contributed by atoms with Crippen LogP contribution in [0.25, 0.3) is 33.4 Å². The van der Waals surface area contributed by atoms with Gasteiger partial charge >= 0.3 is 0 Å². The molecule has 1 aliphatic carbocycles. The van der Waals surface area contributed by atoms with Crippen LogP contribution < -0.4 is 19.6 Å². The zero-order chi connectivity index (χ0) is 40.1. The smallest absolute Gasteiger partial charge is 0.240 e. The number of aryl methyl sites for hydroxylation is 1. The lowest BCUT2D eigenvalue weighted by molar-refractivity contribution is 0.0138. The van der Waals surface area contributed by atoms with Crippen molar-refractivity contribution in [2.75, 3.05) is 90.9 Å². The van der Waals surface area contributed by atoms with Crippen molar-refractivity contribution in [1.82, 2.24) is 29.2 Å². The fourth-order valence-electron chi connectivity index (χ4n) is 6.75. The second-order valence-corrected chi connectivity index (χ2v) is 15.5. The summed E-state index contributed by atoms with van der Waals surface area (Å²) in [6.45, 7) is 21.1. The molecule has 2 heterocycles. The van der Waals surface area contributed by atoms with E-state index in [9.17, 15) is 8.42 Å². The number of hydrogen-bond acceptors (Lipinski definition) is 10. The number of ether oxygens (including phenoxy) is 3. The number of hydrogen-bond donors (Lipinski definition) is 1. The van der Waals surface area contributed by atoms with Crippen LogP contribution in [-0.4, -0.2) is 114 Å². The van der Waals surface area contributed by atoms with Crippen LogP contribution in [0, 0.1) is 6.92 Å². The Morgan fingerprint density at radius 3 is 2.20 bits per heavy atom. The quantitative estimate of drug-likeness (QED) is 0.0534.